The zero-order valence-corrected chi connectivity index (χ0v) is 17.5. The van der Waals surface area contributed by atoms with E-state index in [0.29, 0.717) is 19.6 Å². The number of anilines is 1. The number of para-hydroxylation sites is 1. The molecule has 0 radical (unpaired) electrons. The van der Waals surface area contributed by atoms with Crippen molar-refractivity contribution in [2.45, 2.75) is 37.5 Å². The predicted molar refractivity (Wildman–Crippen MR) is 111 cm³/mol. The first kappa shape index (κ1) is 20.0. The molecule has 0 saturated carbocycles. The van der Waals surface area contributed by atoms with Crippen LogP contribution in [0.25, 0.3) is 0 Å². The number of amides is 1. The summed E-state index contributed by atoms with van der Waals surface area (Å²) >= 11 is 0. The molecule has 0 unspecified atom stereocenters. The molecule has 1 aromatic heterocycles. The number of furan rings is 1. The predicted octanol–water partition coefficient (Wildman–Crippen LogP) is 2.56. The van der Waals surface area contributed by atoms with Gasteiger partial charge in [0, 0.05) is 44.5 Å². The van der Waals surface area contributed by atoms with Crippen molar-refractivity contribution >= 4 is 21.6 Å². The fourth-order valence-electron chi connectivity index (χ4n) is 4.10. The Morgan fingerprint density at radius 1 is 1.17 bits per heavy atom. The molecule has 0 aliphatic carbocycles. The van der Waals surface area contributed by atoms with E-state index in [-0.39, 0.29) is 22.3 Å². The van der Waals surface area contributed by atoms with Crippen LogP contribution >= 0.6 is 0 Å². The van der Waals surface area contributed by atoms with E-state index in [9.17, 15) is 13.2 Å². The second kappa shape index (κ2) is 8.20. The van der Waals surface area contributed by atoms with Crippen LogP contribution in [-0.2, 0) is 16.4 Å². The number of benzene rings is 1. The molecule has 1 fully saturated rings. The monoisotopic (exact) mass is 417 g/mol. The zero-order chi connectivity index (χ0) is 20.4. The minimum atomic E-state index is -3.59. The zero-order valence-electron chi connectivity index (χ0n) is 16.7. The number of aryl methyl sites for hydroxylation is 1. The molecule has 0 spiro atoms. The number of sulfonamides is 1. The van der Waals surface area contributed by atoms with Crippen LogP contribution in [0, 0.1) is 6.92 Å². The van der Waals surface area contributed by atoms with Gasteiger partial charge in [-0.3, -0.25) is 4.79 Å². The lowest BCUT2D eigenvalue weighted by Gasteiger charge is -2.19. The first-order valence-electron chi connectivity index (χ1n) is 10.2. The summed E-state index contributed by atoms with van der Waals surface area (Å²) in [5.74, 6) is -0.0692. The summed E-state index contributed by atoms with van der Waals surface area (Å²) in [6.45, 7) is 5.00. The van der Waals surface area contributed by atoms with Crippen molar-refractivity contribution in [3.8, 4) is 0 Å². The van der Waals surface area contributed by atoms with Crippen molar-refractivity contribution in [2.75, 3.05) is 37.6 Å². The first-order valence-corrected chi connectivity index (χ1v) is 11.6. The van der Waals surface area contributed by atoms with Gasteiger partial charge in [0.2, 0.25) is 10.0 Å². The minimum Gasteiger partial charge on any atom is -0.455 e. The van der Waals surface area contributed by atoms with Crippen LogP contribution in [0.15, 0.2) is 39.6 Å². The standard InChI is InChI=1S/C21H27N3O4S/c1-16-20(29(26,27)24-12-4-5-13-24)15-19(28-16)21(25)22-10-6-11-23-14-9-17-7-2-3-8-18(17)23/h2-3,7-8,15H,4-6,9-14H2,1H3,(H,22,25). The van der Waals surface area contributed by atoms with Crippen LogP contribution < -0.4 is 10.2 Å². The summed E-state index contributed by atoms with van der Waals surface area (Å²) in [6.07, 6.45) is 3.59. The summed E-state index contributed by atoms with van der Waals surface area (Å²) in [5.41, 5.74) is 2.64. The molecule has 2 aromatic rings. The molecule has 0 atom stereocenters. The Labute approximate surface area is 171 Å². The van der Waals surface area contributed by atoms with Crippen molar-refractivity contribution in [2.24, 2.45) is 0 Å². The molecule has 2 aliphatic rings. The fourth-order valence-corrected chi connectivity index (χ4v) is 5.78. The summed E-state index contributed by atoms with van der Waals surface area (Å²) in [6, 6.07) is 9.76. The van der Waals surface area contributed by atoms with Gasteiger partial charge < -0.3 is 14.6 Å². The minimum absolute atomic E-state index is 0.0480. The summed E-state index contributed by atoms with van der Waals surface area (Å²) in [5, 5.41) is 2.84. The first-order chi connectivity index (χ1) is 14.0. The largest absolute Gasteiger partial charge is 0.455 e. The molecule has 29 heavy (non-hydrogen) atoms. The highest BCUT2D eigenvalue weighted by atomic mass is 32.2. The number of carbonyl (C=O) groups is 1. The third kappa shape index (κ3) is 4.04. The van der Waals surface area contributed by atoms with Crippen LogP contribution in [0.4, 0.5) is 5.69 Å². The summed E-state index contributed by atoms with van der Waals surface area (Å²) in [7, 11) is -3.59. The molecular weight excluding hydrogens is 390 g/mol. The molecule has 1 saturated heterocycles. The Morgan fingerprint density at radius 2 is 1.93 bits per heavy atom. The Morgan fingerprint density at radius 3 is 2.72 bits per heavy atom. The van der Waals surface area contributed by atoms with Gasteiger partial charge >= 0.3 is 0 Å². The van der Waals surface area contributed by atoms with Gasteiger partial charge in [0.1, 0.15) is 10.7 Å². The molecule has 1 N–H and O–H groups in total. The maximum atomic E-state index is 12.7. The average Bonchev–Trinajstić information content (AvgIpc) is 3.45. The van der Waals surface area contributed by atoms with E-state index in [2.05, 4.69) is 28.4 Å². The molecule has 2 aliphatic heterocycles. The lowest BCUT2D eigenvalue weighted by atomic mass is 10.2. The van der Waals surface area contributed by atoms with Crippen molar-refractivity contribution in [1.29, 1.82) is 0 Å². The van der Waals surface area contributed by atoms with E-state index in [1.165, 1.54) is 21.6 Å². The van der Waals surface area contributed by atoms with Gasteiger partial charge in [-0.2, -0.15) is 4.31 Å². The lowest BCUT2D eigenvalue weighted by molar-refractivity contribution is 0.0924. The molecular formula is C21H27N3O4S. The van der Waals surface area contributed by atoms with Crippen LogP contribution in [0.1, 0.15) is 41.1 Å². The maximum Gasteiger partial charge on any atom is 0.287 e. The summed E-state index contributed by atoms with van der Waals surface area (Å²) in [4.78, 5) is 14.9. The molecule has 7 nitrogen and oxygen atoms in total. The van der Waals surface area contributed by atoms with Crippen LogP contribution in [0.2, 0.25) is 0 Å². The Hall–Kier alpha value is -2.32. The number of nitrogens with one attached hydrogen (secondary N) is 1. The number of carbonyl (C=O) groups excluding carboxylic acids is 1. The molecule has 3 heterocycles. The molecule has 156 valence electrons. The van der Waals surface area contributed by atoms with Gasteiger partial charge in [-0.15, -0.1) is 0 Å². The SMILES string of the molecule is Cc1oc(C(=O)NCCCN2CCc3ccccc32)cc1S(=O)(=O)N1CCCC1. The van der Waals surface area contributed by atoms with E-state index in [1.807, 2.05) is 6.07 Å². The third-order valence-corrected chi connectivity index (χ3v) is 7.66. The van der Waals surface area contributed by atoms with Gasteiger partial charge in [0.25, 0.3) is 5.91 Å². The number of nitrogens with zero attached hydrogens (tertiary/aromatic N) is 2. The van der Waals surface area contributed by atoms with E-state index >= 15 is 0 Å². The lowest BCUT2D eigenvalue weighted by Crippen LogP contribution is -2.29. The average molecular weight is 418 g/mol. The Balaban J connectivity index is 1.32. The van der Waals surface area contributed by atoms with Crippen LogP contribution in [0.3, 0.4) is 0 Å². The number of hydrogen-bond acceptors (Lipinski definition) is 5. The third-order valence-electron chi connectivity index (χ3n) is 5.65. The van der Waals surface area contributed by atoms with Crippen molar-refractivity contribution in [3.05, 3.63) is 47.4 Å². The molecule has 1 amide bonds. The van der Waals surface area contributed by atoms with Gasteiger partial charge in [0.05, 0.1) is 0 Å². The molecule has 8 heteroatoms. The topological polar surface area (TPSA) is 82.9 Å². The number of fused-ring (bicyclic) bond motifs is 1. The number of hydrogen-bond donors (Lipinski definition) is 1. The number of rotatable bonds is 7. The van der Waals surface area contributed by atoms with Gasteiger partial charge in [-0.1, -0.05) is 18.2 Å². The highest BCUT2D eigenvalue weighted by Crippen LogP contribution is 2.28. The van der Waals surface area contributed by atoms with Crippen molar-refractivity contribution in [3.63, 3.8) is 0 Å². The molecule has 4 rings (SSSR count). The van der Waals surface area contributed by atoms with E-state index in [1.54, 1.807) is 6.92 Å². The smallest absolute Gasteiger partial charge is 0.287 e. The van der Waals surface area contributed by atoms with Gasteiger partial charge in [0.15, 0.2) is 5.76 Å². The van der Waals surface area contributed by atoms with Crippen molar-refractivity contribution in [1.82, 2.24) is 9.62 Å². The van der Waals surface area contributed by atoms with E-state index < -0.39 is 10.0 Å². The highest BCUT2D eigenvalue weighted by molar-refractivity contribution is 7.89. The summed E-state index contributed by atoms with van der Waals surface area (Å²) < 4.78 is 32.4. The Bertz CT molecular complexity index is 993. The second-order valence-electron chi connectivity index (χ2n) is 7.62. The van der Waals surface area contributed by atoms with E-state index in [0.717, 1.165) is 38.8 Å². The quantitative estimate of drug-likeness (QED) is 0.700. The van der Waals surface area contributed by atoms with Crippen molar-refractivity contribution < 1.29 is 17.6 Å². The van der Waals surface area contributed by atoms with Crippen LogP contribution in [-0.4, -0.2) is 51.4 Å². The Kier molecular flexibility index (Phi) is 5.65. The highest BCUT2D eigenvalue weighted by Gasteiger charge is 2.31. The molecule has 1 aromatic carbocycles. The fraction of sp³-hybridized carbons (Fsp3) is 0.476. The van der Waals surface area contributed by atoms with Gasteiger partial charge in [-0.25, -0.2) is 8.42 Å². The maximum absolute atomic E-state index is 12.7. The van der Waals surface area contributed by atoms with E-state index in [4.69, 9.17) is 4.42 Å². The normalized spacial score (nSPS) is 16.9. The second-order valence-corrected chi connectivity index (χ2v) is 9.52. The molecule has 0 bridgehead atoms. The van der Waals surface area contributed by atoms with Crippen LogP contribution in [0.5, 0.6) is 0 Å². The van der Waals surface area contributed by atoms with Gasteiger partial charge in [-0.05, 0) is 44.2 Å².